The van der Waals surface area contributed by atoms with Crippen molar-refractivity contribution in [3.05, 3.63) is 34.9 Å². The molecule has 3 atom stereocenters. The molecular weight excluding hydrogens is 397 g/mol. The van der Waals surface area contributed by atoms with Crippen LogP contribution < -0.4 is 5.32 Å². The third-order valence-electron chi connectivity index (χ3n) is 6.37. The van der Waals surface area contributed by atoms with Gasteiger partial charge in [-0.3, -0.25) is 9.59 Å². The summed E-state index contributed by atoms with van der Waals surface area (Å²) < 4.78 is 0. The van der Waals surface area contributed by atoms with Gasteiger partial charge in [0, 0.05) is 37.2 Å². The average molecular weight is 426 g/mol. The highest BCUT2D eigenvalue weighted by Gasteiger charge is 2.40. The number of carbonyl (C=O) groups excluding carboxylic acids is 2. The van der Waals surface area contributed by atoms with Gasteiger partial charge in [0.2, 0.25) is 11.8 Å². The Bertz CT molecular complexity index is 675. The summed E-state index contributed by atoms with van der Waals surface area (Å²) >= 11 is 5.90. The Balaban J connectivity index is 0.00000225. The van der Waals surface area contributed by atoms with Gasteiger partial charge >= 0.3 is 0 Å². The molecular formula is C21H29Cl2N3O2. The van der Waals surface area contributed by atoms with Crippen molar-refractivity contribution in [1.29, 1.82) is 0 Å². The second-order valence-corrected chi connectivity index (χ2v) is 8.55. The molecule has 2 heterocycles. The molecule has 1 aromatic carbocycles. The lowest BCUT2D eigenvalue weighted by atomic mass is 9.85. The SMILES string of the molecule is Cl.O=C(Cc1ccc(Cl)cc1)N1CCN(C(=O)C2CC3CCCCC3N2)CC1. The van der Waals surface area contributed by atoms with Gasteiger partial charge in [0.15, 0.2) is 0 Å². The molecule has 3 fully saturated rings. The van der Waals surface area contributed by atoms with Crippen LogP contribution in [-0.4, -0.2) is 59.9 Å². The van der Waals surface area contributed by atoms with E-state index in [-0.39, 0.29) is 30.3 Å². The van der Waals surface area contributed by atoms with Gasteiger partial charge in [0.05, 0.1) is 12.5 Å². The summed E-state index contributed by atoms with van der Waals surface area (Å²) in [6.45, 7) is 2.52. The summed E-state index contributed by atoms with van der Waals surface area (Å²) in [5.74, 6) is 1.03. The predicted octanol–water partition coefficient (Wildman–Crippen LogP) is 2.90. The molecule has 3 aliphatic rings. The van der Waals surface area contributed by atoms with Crippen LogP contribution in [0.5, 0.6) is 0 Å². The Morgan fingerprint density at radius 2 is 1.64 bits per heavy atom. The third kappa shape index (κ3) is 4.81. The molecule has 2 saturated heterocycles. The average Bonchev–Trinajstić information content (AvgIpc) is 3.13. The number of carbonyl (C=O) groups is 2. The van der Waals surface area contributed by atoms with Crippen molar-refractivity contribution in [1.82, 2.24) is 15.1 Å². The standard InChI is InChI=1S/C21H28ClN3O2.ClH/c22-17-7-5-15(6-8-17)13-20(26)24-9-11-25(12-10-24)21(27)19-14-16-3-1-2-4-18(16)23-19;/h5-8,16,18-19,23H,1-4,9-14H2;1H. The van der Waals surface area contributed by atoms with Crippen molar-refractivity contribution in [3.63, 3.8) is 0 Å². The van der Waals surface area contributed by atoms with Crippen molar-refractivity contribution in [2.75, 3.05) is 26.2 Å². The van der Waals surface area contributed by atoms with Crippen LogP contribution in [0.2, 0.25) is 5.02 Å². The molecule has 0 radical (unpaired) electrons. The Morgan fingerprint density at radius 1 is 1.00 bits per heavy atom. The molecule has 0 aromatic heterocycles. The van der Waals surface area contributed by atoms with Crippen molar-refractivity contribution >= 4 is 35.8 Å². The Labute approximate surface area is 178 Å². The van der Waals surface area contributed by atoms with E-state index >= 15 is 0 Å². The number of amides is 2. The molecule has 154 valence electrons. The van der Waals surface area contributed by atoms with Crippen molar-refractivity contribution in [2.45, 2.75) is 50.6 Å². The van der Waals surface area contributed by atoms with Gasteiger partial charge in [0.25, 0.3) is 0 Å². The zero-order valence-corrected chi connectivity index (χ0v) is 17.7. The predicted molar refractivity (Wildman–Crippen MR) is 113 cm³/mol. The Morgan fingerprint density at radius 3 is 2.32 bits per heavy atom. The molecule has 1 N–H and O–H groups in total. The monoisotopic (exact) mass is 425 g/mol. The molecule has 1 aromatic rings. The third-order valence-corrected chi connectivity index (χ3v) is 6.63. The summed E-state index contributed by atoms with van der Waals surface area (Å²) in [7, 11) is 0. The lowest BCUT2D eigenvalue weighted by Gasteiger charge is -2.36. The first-order valence-corrected chi connectivity index (χ1v) is 10.5. The fraction of sp³-hybridized carbons (Fsp3) is 0.619. The maximum Gasteiger partial charge on any atom is 0.239 e. The van der Waals surface area contributed by atoms with Crippen molar-refractivity contribution in [2.24, 2.45) is 5.92 Å². The second-order valence-electron chi connectivity index (χ2n) is 8.12. The van der Waals surface area contributed by atoms with Gasteiger partial charge in [-0.2, -0.15) is 0 Å². The van der Waals surface area contributed by atoms with Crippen LogP contribution in [0.4, 0.5) is 0 Å². The van der Waals surface area contributed by atoms with Crippen LogP contribution in [-0.2, 0) is 16.0 Å². The quantitative estimate of drug-likeness (QED) is 0.809. The number of rotatable bonds is 3. The number of nitrogens with one attached hydrogen (secondary N) is 1. The van der Waals surface area contributed by atoms with Gasteiger partial charge in [-0.25, -0.2) is 0 Å². The van der Waals surface area contributed by atoms with Crippen LogP contribution in [0, 0.1) is 5.92 Å². The minimum absolute atomic E-state index is 0. The van der Waals surface area contributed by atoms with Gasteiger partial charge in [0.1, 0.15) is 0 Å². The maximum atomic E-state index is 12.9. The number of nitrogens with zero attached hydrogens (tertiary/aromatic N) is 2. The fourth-order valence-corrected chi connectivity index (χ4v) is 4.92. The lowest BCUT2D eigenvalue weighted by molar-refractivity contribution is -0.140. The number of hydrogen-bond donors (Lipinski definition) is 1. The Kier molecular flexibility index (Phi) is 7.24. The molecule has 0 bridgehead atoms. The minimum Gasteiger partial charge on any atom is -0.339 e. The van der Waals surface area contributed by atoms with E-state index in [1.54, 1.807) is 0 Å². The molecule has 5 nitrogen and oxygen atoms in total. The largest absolute Gasteiger partial charge is 0.339 e. The first-order chi connectivity index (χ1) is 13.1. The molecule has 2 aliphatic heterocycles. The highest BCUT2D eigenvalue weighted by molar-refractivity contribution is 6.30. The molecule has 1 saturated carbocycles. The van der Waals surface area contributed by atoms with Gasteiger partial charge in [-0.15, -0.1) is 12.4 Å². The molecule has 28 heavy (non-hydrogen) atoms. The van der Waals surface area contributed by atoms with E-state index in [1.165, 1.54) is 25.7 Å². The van der Waals surface area contributed by atoms with Gasteiger partial charge in [-0.05, 0) is 42.9 Å². The lowest BCUT2D eigenvalue weighted by Crippen LogP contribution is -2.54. The van der Waals surface area contributed by atoms with Gasteiger partial charge < -0.3 is 15.1 Å². The summed E-state index contributed by atoms with van der Waals surface area (Å²) in [5.41, 5.74) is 0.973. The number of piperazine rings is 1. The van der Waals surface area contributed by atoms with E-state index in [1.807, 2.05) is 34.1 Å². The maximum absolute atomic E-state index is 12.9. The van der Waals surface area contributed by atoms with E-state index in [0.29, 0.717) is 49.6 Å². The van der Waals surface area contributed by atoms with Crippen LogP contribution in [0.1, 0.15) is 37.7 Å². The smallest absolute Gasteiger partial charge is 0.239 e. The number of benzene rings is 1. The number of halogens is 2. The first-order valence-electron chi connectivity index (χ1n) is 10.2. The highest BCUT2D eigenvalue weighted by atomic mass is 35.5. The molecule has 4 rings (SSSR count). The molecule has 0 spiro atoms. The summed E-state index contributed by atoms with van der Waals surface area (Å²) in [4.78, 5) is 29.2. The van der Waals surface area contributed by atoms with E-state index < -0.39 is 0 Å². The first kappa shape index (κ1) is 21.4. The molecule has 2 amide bonds. The Hall–Kier alpha value is -1.30. The zero-order valence-electron chi connectivity index (χ0n) is 16.1. The summed E-state index contributed by atoms with van der Waals surface area (Å²) in [6.07, 6.45) is 6.43. The fourth-order valence-electron chi connectivity index (χ4n) is 4.80. The van der Waals surface area contributed by atoms with E-state index in [9.17, 15) is 9.59 Å². The van der Waals surface area contributed by atoms with Crippen LogP contribution >= 0.6 is 24.0 Å². The van der Waals surface area contributed by atoms with Crippen LogP contribution in [0.3, 0.4) is 0 Å². The molecule has 7 heteroatoms. The van der Waals surface area contributed by atoms with Crippen LogP contribution in [0.25, 0.3) is 0 Å². The normalized spacial score (nSPS) is 27.1. The second kappa shape index (κ2) is 9.47. The van der Waals surface area contributed by atoms with E-state index in [4.69, 9.17) is 11.6 Å². The highest BCUT2D eigenvalue weighted by Crippen LogP contribution is 2.33. The zero-order chi connectivity index (χ0) is 18.8. The van der Waals surface area contributed by atoms with Crippen molar-refractivity contribution in [3.8, 4) is 0 Å². The van der Waals surface area contributed by atoms with Crippen LogP contribution in [0.15, 0.2) is 24.3 Å². The summed E-state index contributed by atoms with van der Waals surface area (Å²) in [6, 6.07) is 7.93. The number of hydrogen-bond acceptors (Lipinski definition) is 3. The molecule has 3 unspecified atom stereocenters. The summed E-state index contributed by atoms with van der Waals surface area (Å²) in [5, 5.41) is 4.26. The van der Waals surface area contributed by atoms with E-state index in [0.717, 1.165) is 12.0 Å². The van der Waals surface area contributed by atoms with Gasteiger partial charge in [-0.1, -0.05) is 36.6 Å². The van der Waals surface area contributed by atoms with Crippen molar-refractivity contribution < 1.29 is 9.59 Å². The minimum atomic E-state index is -0.0191. The number of fused-ring (bicyclic) bond motifs is 1. The topological polar surface area (TPSA) is 52.7 Å². The van der Waals surface area contributed by atoms with E-state index in [2.05, 4.69) is 5.32 Å². The molecule has 1 aliphatic carbocycles.